The number of rotatable bonds is 9. The molecule has 34 heavy (non-hydrogen) atoms. The van der Waals surface area contributed by atoms with Crippen molar-refractivity contribution in [2.45, 2.75) is 0 Å². The molecule has 7 nitrogen and oxygen atoms in total. The van der Waals surface area contributed by atoms with Gasteiger partial charge in [-0.1, -0.05) is 61.7 Å². The van der Waals surface area contributed by atoms with Gasteiger partial charge >= 0.3 is 18.1 Å². The Kier molecular flexibility index (Phi) is 8.35. The van der Waals surface area contributed by atoms with Crippen LogP contribution in [0.1, 0.15) is 0 Å². The molecule has 0 unspecified atom stereocenters. The van der Waals surface area contributed by atoms with Gasteiger partial charge in [-0.3, -0.25) is 0 Å². The highest BCUT2D eigenvalue weighted by Crippen LogP contribution is 2.27. The lowest BCUT2D eigenvalue weighted by Crippen LogP contribution is -2.15. The van der Waals surface area contributed by atoms with Crippen molar-refractivity contribution >= 4 is 18.1 Å². The number of carbonyl (C=O) groups excluding carboxylic acids is 3. The van der Waals surface area contributed by atoms with Crippen molar-refractivity contribution in [3.05, 3.63) is 98.1 Å². The molecule has 0 saturated carbocycles. The van der Waals surface area contributed by atoms with Crippen LogP contribution in [0.5, 0.6) is 11.5 Å². The van der Waals surface area contributed by atoms with Crippen LogP contribution in [0.2, 0.25) is 0 Å². The molecule has 0 spiro atoms. The molecule has 0 fully saturated rings. The Balaban J connectivity index is 1.55. The highest BCUT2D eigenvalue weighted by atomic mass is 16.7. The van der Waals surface area contributed by atoms with E-state index in [2.05, 4.69) is 13.2 Å². The fourth-order valence-corrected chi connectivity index (χ4v) is 2.90. The fraction of sp³-hybridized carbons (Fsp3) is 0.0741. The molecule has 3 rings (SSSR count). The van der Waals surface area contributed by atoms with Crippen LogP contribution in [0, 0.1) is 0 Å². The normalized spacial score (nSPS) is 10.0. The molecule has 172 valence electrons. The van der Waals surface area contributed by atoms with Crippen molar-refractivity contribution in [1.82, 2.24) is 0 Å². The number of hydrogen-bond acceptors (Lipinski definition) is 7. The first-order valence-electron chi connectivity index (χ1n) is 10.3. The molecule has 0 atom stereocenters. The van der Waals surface area contributed by atoms with Crippen LogP contribution in [-0.4, -0.2) is 31.3 Å². The number of carbonyl (C=O) groups is 3. The van der Waals surface area contributed by atoms with Crippen molar-refractivity contribution in [2.24, 2.45) is 0 Å². The summed E-state index contributed by atoms with van der Waals surface area (Å²) in [4.78, 5) is 33.9. The lowest BCUT2D eigenvalue weighted by atomic mass is 10.0. The van der Waals surface area contributed by atoms with Crippen LogP contribution in [0.3, 0.4) is 0 Å². The van der Waals surface area contributed by atoms with Gasteiger partial charge in [-0.05, 0) is 46.5 Å². The van der Waals surface area contributed by atoms with Gasteiger partial charge in [0.1, 0.15) is 24.7 Å². The van der Waals surface area contributed by atoms with Gasteiger partial charge in [0, 0.05) is 12.2 Å². The largest absolute Gasteiger partial charge is 0.513 e. The quantitative estimate of drug-likeness (QED) is 0.140. The third kappa shape index (κ3) is 6.93. The lowest BCUT2D eigenvalue weighted by Gasteiger charge is -2.08. The maximum atomic E-state index is 11.7. The van der Waals surface area contributed by atoms with Gasteiger partial charge in [0.2, 0.25) is 0 Å². The smallest absolute Gasteiger partial charge is 0.459 e. The first-order chi connectivity index (χ1) is 16.5. The summed E-state index contributed by atoms with van der Waals surface area (Å²) in [7, 11) is 0. The minimum absolute atomic E-state index is 0.0816. The van der Waals surface area contributed by atoms with Crippen molar-refractivity contribution in [3.63, 3.8) is 0 Å². The topological polar surface area (TPSA) is 88.1 Å². The summed E-state index contributed by atoms with van der Waals surface area (Å²) >= 11 is 0. The van der Waals surface area contributed by atoms with Gasteiger partial charge in [0.25, 0.3) is 0 Å². The van der Waals surface area contributed by atoms with E-state index in [-0.39, 0.29) is 13.2 Å². The maximum absolute atomic E-state index is 11.7. The molecule has 0 heterocycles. The summed E-state index contributed by atoms with van der Waals surface area (Å²) in [6.45, 7) is 6.44. The van der Waals surface area contributed by atoms with E-state index in [1.165, 1.54) is 0 Å². The molecule has 0 N–H and O–H groups in total. The summed E-state index contributed by atoms with van der Waals surface area (Å²) in [6.07, 6.45) is 1.25. The summed E-state index contributed by atoms with van der Waals surface area (Å²) in [6, 6.07) is 22.1. The predicted octanol–water partition coefficient (Wildman–Crippen LogP) is 5.36. The SMILES string of the molecule is C=CC(=O)OCCOC(=O)Oc1ccc(-c2ccc(-c3ccc(OC(=O)C=C)cc3)cc2)cc1. The van der Waals surface area contributed by atoms with Gasteiger partial charge < -0.3 is 18.9 Å². The van der Waals surface area contributed by atoms with Crippen LogP contribution in [0.25, 0.3) is 22.3 Å². The third-order valence-electron chi connectivity index (χ3n) is 4.56. The van der Waals surface area contributed by atoms with Crippen molar-refractivity contribution < 1.29 is 33.3 Å². The zero-order chi connectivity index (χ0) is 24.3. The molecule has 0 aliphatic carbocycles. The van der Waals surface area contributed by atoms with Crippen LogP contribution < -0.4 is 9.47 Å². The second kappa shape index (κ2) is 11.8. The highest BCUT2D eigenvalue weighted by molar-refractivity contribution is 5.83. The monoisotopic (exact) mass is 458 g/mol. The van der Waals surface area contributed by atoms with Gasteiger partial charge in [-0.25, -0.2) is 14.4 Å². The van der Waals surface area contributed by atoms with Crippen molar-refractivity contribution in [3.8, 4) is 33.8 Å². The van der Waals surface area contributed by atoms with Crippen LogP contribution >= 0.6 is 0 Å². The zero-order valence-electron chi connectivity index (χ0n) is 18.3. The molecule has 7 heteroatoms. The Bertz CT molecular complexity index is 1160. The Labute approximate surface area is 196 Å². The number of esters is 2. The molecule has 0 aromatic heterocycles. The molecule has 3 aromatic carbocycles. The van der Waals surface area contributed by atoms with Crippen LogP contribution in [-0.2, 0) is 19.1 Å². The molecule has 0 saturated heterocycles. The van der Waals surface area contributed by atoms with E-state index in [1.807, 2.05) is 48.5 Å². The van der Waals surface area contributed by atoms with Crippen LogP contribution in [0.4, 0.5) is 4.79 Å². The summed E-state index contributed by atoms with van der Waals surface area (Å²) in [5.41, 5.74) is 3.91. The van der Waals surface area contributed by atoms with E-state index >= 15 is 0 Å². The van der Waals surface area contributed by atoms with E-state index < -0.39 is 18.1 Å². The number of benzene rings is 3. The first kappa shape index (κ1) is 24.0. The third-order valence-corrected chi connectivity index (χ3v) is 4.56. The van der Waals surface area contributed by atoms with E-state index in [9.17, 15) is 14.4 Å². The molecule has 3 aromatic rings. The Morgan fingerprint density at radius 2 is 0.941 bits per heavy atom. The van der Waals surface area contributed by atoms with E-state index in [0.717, 1.165) is 34.4 Å². The summed E-state index contributed by atoms with van der Waals surface area (Å²) < 4.78 is 19.7. The summed E-state index contributed by atoms with van der Waals surface area (Å²) in [5.74, 6) is -0.319. The molecular formula is C27H22O7. The Morgan fingerprint density at radius 3 is 1.38 bits per heavy atom. The number of hydrogen-bond donors (Lipinski definition) is 0. The van der Waals surface area contributed by atoms with E-state index in [0.29, 0.717) is 11.5 Å². The predicted molar refractivity (Wildman–Crippen MR) is 126 cm³/mol. The average molecular weight is 458 g/mol. The fourth-order valence-electron chi connectivity index (χ4n) is 2.90. The molecule has 0 radical (unpaired) electrons. The van der Waals surface area contributed by atoms with Crippen molar-refractivity contribution in [2.75, 3.05) is 13.2 Å². The molecular weight excluding hydrogens is 436 g/mol. The zero-order valence-corrected chi connectivity index (χ0v) is 18.3. The van der Waals surface area contributed by atoms with E-state index in [4.69, 9.17) is 18.9 Å². The van der Waals surface area contributed by atoms with Crippen molar-refractivity contribution in [1.29, 1.82) is 0 Å². The lowest BCUT2D eigenvalue weighted by molar-refractivity contribution is -0.138. The van der Waals surface area contributed by atoms with Gasteiger partial charge in [0.15, 0.2) is 0 Å². The highest BCUT2D eigenvalue weighted by Gasteiger charge is 2.08. The Hall–Kier alpha value is -4.65. The maximum Gasteiger partial charge on any atom is 0.513 e. The molecule has 0 aliphatic rings. The molecule has 0 amide bonds. The minimum atomic E-state index is -0.892. The summed E-state index contributed by atoms with van der Waals surface area (Å²) in [5, 5.41) is 0. The number of ether oxygens (including phenoxy) is 4. The molecule has 0 aliphatic heterocycles. The standard InChI is InChI=1S/C27H22O7/c1-3-25(28)31-17-18-32-27(30)34-24-15-11-22(12-16-24)20-7-5-19(6-8-20)21-9-13-23(14-10-21)33-26(29)4-2/h3-16H,1-2,17-18H2. The van der Waals surface area contributed by atoms with Gasteiger partial charge in [-0.15, -0.1) is 0 Å². The first-order valence-corrected chi connectivity index (χ1v) is 10.3. The van der Waals surface area contributed by atoms with Gasteiger partial charge in [0.05, 0.1) is 0 Å². The average Bonchev–Trinajstić information content (AvgIpc) is 2.87. The second-order valence-corrected chi connectivity index (χ2v) is 6.82. The minimum Gasteiger partial charge on any atom is -0.459 e. The van der Waals surface area contributed by atoms with Gasteiger partial charge in [-0.2, -0.15) is 0 Å². The van der Waals surface area contributed by atoms with E-state index in [1.54, 1.807) is 24.3 Å². The Morgan fingerprint density at radius 1 is 0.559 bits per heavy atom. The van der Waals surface area contributed by atoms with Crippen LogP contribution in [0.15, 0.2) is 98.1 Å². The molecule has 0 bridgehead atoms. The second-order valence-electron chi connectivity index (χ2n) is 6.82.